The first-order valence-electron chi connectivity index (χ1n) is 6.18. The summed E-state index contributed by atoms with van der Waals surface area (Å²) in [6.45, 7) is 14.3. The predicted octanol–water partition coefficient (Wildman–Crippen LogP) is 2.63. The van der Waals surface area contributed by atoms with E-state index in [1.54, 1.807) is 6.08 Å². The van der Waals surface area contributed by atoms with Gasteiger partial charge in [0.1, 0.15) is 0 Å². The number of nitrogens with two attached hydrogens (primary N) is 1. The maximum absolute atomic E-state index is 11.5. The molecule has 0 saturated carbocycles. The summed E-state index contributed by atoms with van der Waals surface area (Å²) in [6, 6.07) is 0. The van der Waals surface area contributed by atoms with Crippen LogP contribution in [0.15, 0.2) is 12.7 Å². The standard InChI is InChI=1S/C12H27NO3SSi/c1-7-8-9-11(17(13,14)15)10-16-18(5,6)12(2,3)4/h7,11H,1,8-10H2,2-6H3,(H2,13,14,15)/t11-/m1/s1. The molecule has 0 saturated heterocycles. The van der Waals surface area contributed by atoms with Crippen LogP contribution in [-0.4, -0.2) is 28.6 Å². The molecule has 6 heteroatoms. The lowest BCUT2D eigenvalue weighted by Gasteiger charge is -2.37. The van der Waals surface area contributed by atoms with Gasteiger partial charge in [-0.3, -0.25) is 0 Å². The van der Waals surface area contributed by atoms with Crippen LogP contribution in [0, 0.1) is 0 Å². The van der Waals surface area contributed by atoms with Crippen molar-refractivity contribution >= 4 is 18.3 Å². The minimum atomic E-state index is -3.56. The highest BCUT2D eigenvalue weighted by Gasteiger charge is 2.38. The van der Waals surface area contributed by atoms with Gasteiger partial charge in [-0.2, -0.15) is 0 Å². The summed E-state index contributed by atoms with van der Waals surface area (Å²) in [4.78, 5) is 0. The average Bonchev–Trinajstić information content (AvgIpc) is 2.13. The molecule has 0 radical (unpaired) electrons. The fourth-order valence-corrected chi connectivity index (χ4v) is 3.06. The Morgan fingerprint density at radius 2 is 1.89 bits per heavy atom. The first-order valence-corrected chi connectivity index (χ1v) is 10.7. The van der Waals surface area contributed by atoms with Crippen molar-refractivity contribution in [3.8, 4) is 0 Å². The molecular weight excluding hydrogens is 266 g/mol. The molecule has 1 atom stereocenters. The summed E-state index contributed by atoms with van der Waals surface area (Å²) in [5, 5.41) is 4.66. The SMILES string of the molecule is C=CCC[C@H](CO[Si](C)(C)C(C)(C)C)S(N)(=O)=O. The molecule has 0 aliphatic heterocycles. The quantitative estimate of drug-likeness (QED) is 0.579. The van der Waals surface area contributed by atoms with E-state index in [2.05, 4.69) is 40.4 Å². The lowest BCUT2D eigenvalue weighted by atomic mass is 10.2. The normalized spacial score (nSPS) is 15.4. The summed E-state index contributed by atoms with van der Waals surface area (Å²) in [7, 11) is -5.49. The number of hydrogen-bond donors (Lipinski definition) is 1. The van der Waals surface area contributed by atoms with Crippen molar-refractivity contribution in [2.45, 2.75) is 57.0 Å². The Bertz CT molecular complexity index is 371. The van der Waals surface area contributed by atoms with E-state index >= 15 is 0 Å². The zero-order valence-electron chi connectivity index (χ0n) is 12.2. The molecule has 0 fully saturated rings. The highest BCUT2D eigenvalue weighted by atomic mass is 32.2. The van der Waals surface area contributed by atoms with Crippen LogP contribution in [0.3, 0.4) is 0 Å². The van der Waals surface area contributed by atoms with E-state index in [0.29, 0.717) is 12.8 Å². The summed E-state index contributed by atoms with van der Waals surface area (Å²) >= 11 is 0. The lowest BCUT2D eigenvalue weighted by molar-refractivity contribution is 0.280. The van der Waals surface area contributed by atoms with Gasteiger partial charge in [-0.05, 0) is 31.0 Å². The molecule has 108 valence electrons. The molecule has 18 heavy (non-hydrogen) atoms. The van der Waals surface area contributed by atoms with Crippen molar-refractivity contribution in [1.29, 1.82) is 0 Å². The van der Waals surface area contributed by atoms with Crippen LogP contribution >= 0.6 is 0 Å². The average molecular weight is 294 g/mol. The van der Waals surface area contributed by atoms with E-state index in [-0.39, 0.29) is 11.6 Å². The van der Waals surface area contributed by atoms with Gasteiger partial charge >= 0.3 is 0 Å². The van der Waals surface area contributed by atoms with Gasteiger partial charge in [0.15, 0.2) is 8.32 Å². The van der Waals surface area contributed by atoms with Crippen molar-refractivity contribution in [1.82, 2.24) is 0 Å². The first-order chi connectivity index (χ1) is 7.92. The van der Waals surface area contributed by atoms with Gasteiger partial charge in [0.25, 0.3) is 0 Å². The van der Waals surface area contributed by atoms with Crippen molar-refractivity contribution in [3.63, 3.8) is 0 Å². The van der Waals surface area contributed by atoms with Gasteiger partial charge in [0.05, 0.1) is 11.9 Å². The largest absolute Gasteiger partial charge is 0.415 e. The van der Waals surface area contributed by atoms with Crippen LogP contribution in [0.25, 0.3) is 0 Å². The van der Waals surface area contributed by atoms with Crippen LogP contribution < -0.4 is 5.14 Å². The molecule has 0 spiro atoms. The summed E-state index contributed by atoms with van der Waals surface area (Å²) in [5.41, 5.74) is 0. The van der Waals surface area contributed by atoms with Crippen molar-refractivity contribution in [3.05, 3.63) is 12.7 Å². The third-order valence-corrected chi connectivity index (χ3v) is 9.40. The molecule has 0 aromatic carbocycles. The molecule has 0 aliphatic carbocycles. The van der Waals surface area contributed by atoms with Crippen molar-refractivity contribution in [2.75, 3.05) is 6.61 Å². The number of primary sulfonamides is 1. The molecule has 0 heterocycles. The maximum Gasteiger partial charge on any atom is 0.214 e. The van der Waals surface area contributed by atoms with Gasteiger partial charge in [-0.15, -0.1) is 6.58 Å². The van der Waals surface area contributed by atoms with Crippen LogP contribution in [0.1, 0.15) is 33.6 Å². The number of rotatable bonds is 7. The van der Waals surface area contributed by atoms with E-state index < -0.39 is 23.6 Å². The molecule has 0 rings (SSSR count). The van der Waals surface area contributed by atoms with E-state index in [4.69, 9.17) is 9.56 Å². The van der Waals surface area contributed by atoms with Crippen LogP contribution in [-0.2, 0) is 14.4 Å². The second kappa shape index (κ2) is 6.32. The Morgan fingerprint density at radius 3 is 2.22 bits per heavy atom. The Morgan fingerprint density at radius 1 is 1.39 bits per heavy atom. The smallest absolute Gasteiger partial charge is 0.214 e. The first kappa shape index (κ1) is 17.8. The highest BCUT2D eigenvalue weighted by Crippen LogP contribution is 2.36. The van der Waals surface area contributed by atoms with Gasteiger partial charge in [-0.1, -0.05) is 26.8 Å². The van der Waals surface area contributed by atoms with E-state index in [9.17, 15) is 8.42 Å². The molecule has 0 bridgehead atoms. The predicted molar refractivity (Wildman–Crippen MR) is 79.5 cm³/mol. The summed E-state index contributed by atoms with van der Waals surface area (Å²) < 4.78 is 28.9. The van der Waals surface area contributed by atoms with Gasteiger partial charge in [0.2, 0.25) is 10.0 Å². The minimum Gasteiger partial charge on any atom is -0.415 e. The molecule has 0 unspecified atom stereocenters. The second-order valence-electron chi connectivity index (χ2n) is 6.15. The molecule has 0 aromatic heterocycles. The van der Waals surface area contributed by atoms with Crippen molar-refractivity contribution < 1.29 is 12.8 Å². The fourth-order valence-electron chi connectivity index (χ4n) is 1.16. The monoisotopic (exact) mass is 293 g/mol. The topological polar surface area (TPSA) is 69.4 Å². The van der Waals surface area contributed by atoms with Gasteiger partial charge < -0.3 is 4.43 Å². The van der Waals surface area contributed by atoms with E-state index in [1.807, 2.05) is 0 Å². The van der Waals surface area contributed by atoms with E-state index in [1.165, 1.54) is 0 Å². The van der Waals surface area contributed by atoms with Crippen molar-refractivity contribution in [2.24, 2.45) is 5.14 Å². The third-order valence-electron chi connectivity index (χ3n) is 3.59. The highest BCUT2D eigenvalue weighted by molar-refractivity contribution is 7.89. The van der Waals surface area contributed by atoms with Crippen LogP contribution in [0.4, 0.5) is 0 Å². The minimum absolute atomic E-state index is 0.0638. The fraction of sp³-hybridized carbons (Fsp3) is 0.833. The molecule has 0 aliphatic rings. The Balaban J connectivity index is 4.68. The zero-order chi connectivity index (χ0) is 14.6. The summed E-state index contributed by atoms with van der Waals surface area (Å²) in [6.07, 6.45) is 2.80. The Labute approximate surface area is 113 Å². The third kappa shape index (κ3) is 5.64. The molecule has 4 nitrogen and oxygen atoms in total. The molecular formula is C12H27NO3SSi. The van der Waals surface area contributed by atoms with Crippen LogP contribution in [0.5, 0.6) is 0 Å². The number of hydrogen-bond acceptors (Lipinski definition) is 3. The van der Waals surface area contributed by atoms with E-state index in [0.717, 1.165) is 0 Å². The Hall–Kier alpha value is -0.173. The second-order valence-corrected chi connectivity index (χ2v) is 12.8. The summed E-state index contributed by atoms with van der Waals surface area (Å²) in [5.74, 6) is 0. The Kier molecular flexibility index (Phi) is 6.26. The number of sulfonamides is 1. The number of allylic oxidation sites excluding steroid dienone is 1. The van der Waals surface area contributed by atoms with Gasteiger partial charge in [0, 0.05) is 0 Å². The van der Waals surface area contributed by atoms with Crippen LogP contribution in [0.2, 0.25) is 18.1 Å². The lowest BCUT2D eigenvalue weighted by Crippen LogP contribution is -2.44. The molecule has 0 amide bonds. The maximum atomic E-state index is 11.5. The molecule has 2 N–H and O–H groups in total. The van der Waals surface area contributed by atoms with Gasteiger partial charge in [-0.25, -0.2) is 13.6 Å². The zero-order valence-corrected chi connectivity index (χ0v) is 14.0. The molecule has 0 aromatic rings.